The standard InChI is InChI=1S/C16H20N2O5S3/c19-25(20,16-2-1-13-24-16)17-8-7-14-3-5-15(6-4-14)26(21,22)18-9-11-23-12-10-18/h1-6,13,17H,7-12H2. The number of rotatable bonds is 7. The van der Waals surface area contributed by atoms with Gasteiger partial charge in [0.1, 0.15) is 4.21 Å². The summed E-state index contributed by atoms with van der Waals surface area (Å²) in [5, 5.41) is 1.71. The maximum Gasteiger partial charge on any atom is 0.250 e. The summed E-state index contributed by atoms with van der Waals surface area (Å²) in [6.45, 7) is 1.77. The van der Waals surface area contributed by atoms with Crippen LogP contribution in [-0.4, -0.2) is 54.0 Å². The maximum atomic E-state index is 12.6. The molecule has 2 heterocycles. The van der Waals surface area contributed by atoms with Crippen molar-refractivity contribution in [2.24, 2.45) is 0 Å². The Balaban J connectivity index is 1.59. The highest BCUT2D eigenvalue weighted by molar-refractivity contribution is 7.91. The van der Waals surface area contributed by atoms with Crippen molar-refractivity contribution >= 4 is 31.4 Å². The molecule has 0 radical (unpaired) electrons. The fraction of sp³-hybridized carbons (Fsp3) is 0.375. The molecule has 0 spiro atoms. The Morgan fingerprint density at radius 2 is 1.73 bits per heavy atom. The number of benzene rings is 1. The average molecular weight is 417 g/mol. The van der Waals surface area contributed by atoms with Gasteiger partial charge in [0.2, 0.25) is 20.0 Å². The molecule has 1 fully saturated rings. The molecule has 0 aliphatic carbocycles. The summed E-state index contributed by atoms with van der Waals surface area (Å²) in [6, 6.07) is 9.80. The quantitative estimate of drug-likeness (QED) is 0.734. The third-order valence-corrected chi connectivity index (χ3v) is 8.77. The third kappa shape index (κ3) is 4.51. The summed E-state index contributed by atoms with van der Waals surface area (Å²) >= 11 is 1.16. The van der Waals surface area contributed by atoms with Gasteiger partial charge in [-0.25, -0.2) is 21.6 Å². The molecular formula is C16H20N2O5S3. The molecule has 1 saturated heterocycles. The first-order valence-corrected chi connectivity index (χ1v) is 11.9. The molecule has 1 aliphatic rings. The molecule has 1 aromatic carbocycles. The molecular weight excluding hydrogens is 396 g/mol. The van der Waals surface area contributed by atoms with E-state index in [9.17, 15) is 16.8 Å². The van der Waals surface area contributed by atoms with Gasteiger partial charge in [-0.2, -0.15) is 4.31 Å². The predicted octanol–water partition coefficient (Wildman–Crippen LogP) is 1.29. The third-order valence-electron chi connectivity index (χ3n) is 4.00. The van der Waals surface area contributed by atoms with Gasteiger partial charge in [-0.1, -0.05) is 18.2 Å². The second-order valence-corrected chi connectivity index (χ2v) is 10.6. The van der Waals surface area contributed by atoms with Crippen LogP contribution in [0.4, 0.5) is 0 Å². The van der Waals surface area contributed by atoms with Crippen LogP contribution in [0.25, 0.3) is 0 Å². The summed E-state index contributed by atoms with van der Waals surface area (Å²) in [5.74, 6) is 0. The summed E-state index contributed by atoms with van der Waals surface area (Å²) in [7, 11) is -6.99. The highest BCUT2D eigenvalue weighted by atomic mass is 32.2. The van der Waals surface area contributed by atoms with Gasteiger partial charge in [-0.05, 0) is 35.6 Å². The van der Waals surface area contributed by atoms with Crippen molar-refractivity contribution in [1.29, 1.82) is 0 Å². The van der Waals surface area contributed by atoms with Crippen LogP contribution in [0.15, 0.2) is 50.9 Å². The SMILES string of the molecule is O=S(=O)(NCCc1ccc(S(=O)(=O)N2CCOCC2)cc1)c1cccs1. The summed E-state index contributed by atoms with van der Waals surface area (Å²) < 4.78 is 58.6. The summed E-state index contributed by atoms with van der Waals surface area (Å²) in [5.41, 5.74) is 0.861. The van der Waals surface area contributed by atoms with Crippen LogP contribution >= 0.6 is 11.3 Å². The monoisotopic (exact) mass is 416 g/mol. The largest absolute Gasteiger partial charge is 0.379 e. The number of hydrogen-bond acceptors (Lipinski definition) is 6. The molecule has 0 atom stereocenters. The lowest BCUT2D eigenvalue weighted by Crippen LogP contribution is -2.40. The molecule has 7 nitrogen and oxygen atoms in total. The van der Waals surface area contributed by atoms with E-state index in [-0.39, 0.29) is 15.6 Å². The second kappa shape index (κ2) is 8.15. The minimum absolute atomic E-state index is 0.238. The Morgan fingerprint density at radius 3 is 2.35 bits per heavy atom. The Bertz CT molecular complexity index is 917. The van der Waals surface area contributed by atoms with Crippen LogP contribution in [-0.2, 0) is 31.2 Å². The molecule has 0 bridgehead atoms. The average Bonchev–Trinajstić information content (AvgIpc) is 3.18. The summed E-state index contributed by atoms with van der Waals surface area (Å²) in [4.78, 5) is 0.238. The van der Waals surface area contributed by atoms with E-state index < -0.39 is 20.0 Å². The maximum absolute atomic E-state index is 12.6. The molecule has 0 saturated carbocycles. The topological polar surface area (TPSA) is 92.8 Å². The molecule has 2 aromatic rings. The molecule has 10 heteroatoms. The van der Waals surface area contributed by atoms with Gasteiger partial charge in [0.25, 0.3) is 0 Å². The molecule has 142 valence electrons. The smallest absolute Gasteiger partial charge is 0.250 e. The van der Waals surface area contributed by atoms with Gasteiger partial charge in [-0.3, -0.25) is 0 Å². The predicted molar refractivity (Wildman–Crippen MR) is 99.2 cm³/mol. The van der Waals surface area contributed by atoms with E-state index in [1.165, 1.54) is 4.31 Å². The zero-order valence-corrected chi connectivity index (χ0v) is 16.4. The van der Waals surface area contributed by atoms with E-state index in [0.717, 1.165) is 16.9 Å². The highest BCUT2D eigenvalue weighted by Crippen LogP contribution is 2.18. The van der Waals surface area contributed by atoms with Gasteiger partial charge >= 0.3 is 0 Å². The lowest BCUT2D eigenvalue weighted by Gasteiger charge is -2.26. The highest BCUT2D eigenvalue weighted by Gasteiger charge is 2.26. The molecule has 26 heavy (non-hydrogen) atoms. The first kappa shape index (κ1) is 19.5. The van der Waals surface area contributed by atoms with E-state index in [2.05, 4.69) is 4.72 Å². The van der Waals surface area contributed by atoms with E-state index in [0.29, 0.717) is 32.7 Å². The van der Waals surface area contributed by atoms with E-state index in [1.807, 2.05) is 0 Å². The number of nitrogens with one attached hydrogen (secondary N) is 1. The van der Waals surface area contributed by atoms with Gasteiger partial charge in [0.05, 0.1) is 18.1 Å². The normalized spacial score (nSPS) is 16.6. The van der Waals surface area contributed by atoms with Crippen LogP contribution in [0.5, 0.6) is 0 Å². The van der Waals surface area contributed by atoms with Crippen molar-refractivity contribution in [2.45, 2.75) is 15.5 Å². The zero-order valence-electron chi connectivity index (χ0n) is 14.0. The minimum atomic E-state index is -3.51. The van der Waals surface area contributed by atoms with E-state index >= 15 is 0 Å². The van der Waals surface area contributed by atoms with Crippen LogP contribution in [0.3, 0.4) is 0 Å². The Kier molecular flexibility index (Phi) is 6.10. The first-order valence-electron chi connectivity index (χ1n) is 8.10. The molecule has 3 rings (SSSR count). The first-order chi connectivity index (χ1) is 12.4. The van der Waals surface area contributed by atoms with Gasteiger partial charge in [0, 0.05) is 19.6 Å². The van der Waals surface area contributed by atoms with Crippen LogP contribution in [0, 0.1) is 0 Å². The van der Waals surface area contributed by atoms with E-state index in [4.69, 9.17) is 4.74 Å². The Morgan fingerprint density at radius 1 is 1.04 bits per heavy atom. The molecule has 1 aromatic heterocycles. The molecule has 0 unspecified atom stereocenters. The van der Waals surface area contributed by atoms with Crippen molar-refractivity contribution in [1.82, 2.24) is 9.03 Å². The van der Waals surface area contributed by atoms with Crippen LogP contribution < -0.4 is 4.72 Å². The van der Waals surface area contributed by atoms with Crippen molar-refractivity contribution in [2.75, 3.05) is 32.8 Å². The zero-order chi connectivity index (χ0) is 18.6. The van der Waals surface area contributed by atoms with Gasteiger partial charge in [0.15, 0.2) is 0 Å². The lowest BCUT2D eigenvalue weighted by atomic mass is 10.2. The van der Waals surface area contributed by atoms with Crippen LogP contribution in [0.1, 0.15) is 5.56 Å². The molecule has 0 amide bonds. The number of thiophene rings is 1. The number of morpholine rings is 1. The lowest BCUT2D eigenvalue weighted by molar-refractivity contribution is 0.0730. The fourth-order valence-electron chi connectivity index (χ4n) is 2.58. The Labute approximate surface area is 157 Å². The number of nitrogens with zero attached hydrogens (tertiary/aromatic N) is 1. The van der Waals surface area contributed by atoms with Gasteiger partial charge < -0.3 is 4.74 Å². The summed E-state index contributed by atoms with van der Waals surface area (Å²) in [6.07, 6.45) is 0.475. The van der Waals surface area contributed by atoms with E-state index in [1.54, 1.807) is 41.8 Å². The minimum Gasteiger partial charge on any atom is -0.379 e. The fourth-order valence-corrected chi connectivity index (χ4v) is 6.06. The van der Waals surface area contributed by atoms with Crippen molar-refractivity contribution < 1.29 is 21.6 Å². The number of ether oxygens (including phenoxy) is 1. The second-order valence-electron chi connectivity index (χ2n) is 5.74. The Hall–Kier alpha value is -1.30. The number of sulfonamides is 2. The van der Waals surface area contributed by atoms with Gasteiger partial charge in [-0.15, -0.1) is 11.3 Å². The van der Waals surface area contributed by atoms with Crippen molar-refractivity contribution in [3.63, 3.8) is 0 Å². The molecule has 1 aliphatic heterocycles. The van der Waals surface area contributed by atoms with Crippen molar-refractivity contribution in [3.8, 4) is 0 Å². The molecule has 1 N–H and O–H groups in total. The van der Waals surface area contributed by atoms with Crippen LogP contribution in [0.2, 0.25) is 0 Å². The van der Waals surface area contributed by atoms with Crippen molar-refractivity contribution in [3.05, 3.63) is 47.3 Å². The number of hydrogen-bond donors (Lipinski definition) is 1.